The topological polar surface area (TPSA) is 184 Å². The zero-order valence-corrected chi connectivity index (χ0v) is 44.7. The quantitative estimate of drug-likeness (QED) is 0.0345. The number of ketones is 2. The van der Waals surface area contributed by atoms with Crippen LogP contribution in [-0.4, -0.2) is 90.6 Å². The summed E-state index contributed by atoms with van der Waals surface area (Å²) in [5.41, 5.74) is 19.8. The molecule has 0 aromatic heterocycles. The Morgan fingerprint density at radius 2 is 0.548 bits per heavy atom. The molecule has 73 heavy (non-hydrogen) atoms. The van der Waals surface area contributed by atoms with Crippen LogP contribution < -0.4 is 60.0 Å². The average molecular weight is 1010 g/mol. The van der Waals surface area contributed by atoms with Crippen molar-refractivity contribution in [1.29, 1.82) is 0 Å². The Morgan fingerprint density at radius 1 is 0.342 bits per heavy atom. The normalized spacial score (nSPS) is 13.6. The molecular formula is C59H80N4O10. The minimum atomic E-state index is -0.278. The summed E-state index contributed by atoms with van der Waals surface area (Å²) in [5.74, 6) is 4.72. The third-order valence-electron chi connectivity index (χ3n) is 12.7. The Hall–Kier alpha value is -6.38. The van der Waals surface area contributed by atoms with Gasteiger partial charge in [0.05, 0.1) is 64.2 Å². The average Bonchev–Trinajstić information content (AvgIpc) is 3.37. The number of benzene rings is 4. The van der Waals surface area contributed by atoms with Crippen molar-refractivity contribution in [3.8, 4) is 46.0 Å². The zero-order chi connectivity index (χ0) is 52.3. The van der Waals surface area contributed by atoms with Gasteiger partial charge in [0.15, 0.2) is 0 Å². The van der Waals surface area contributed by atoms with Crippen LogP contribution in [0.2, 0.25) is 0 Å². The lowest BCUT2D eigenvalue weighted by Gasteiger charge is -2.27. The maximum Gasteiger partial charge on any atom is 0.207 e. The Morgan fingerprint density at radius 3 is 0.740 bits per heavy atom. The van der Waals surface area contributed by atoms with E-state index in [1.54, 1.807) is 0 Å². The summed E-state index contributed by atoms with van der Waals surface area (Å²) < 4.78 is 51.5. The van der Waals surface area contributed by atoms with E-state index in [4.69, 9.17) is 49.4 Å². The van der Waals surface area contributed by atoms with Gasteiger partial charge in [-0.1, -0.05) is 0 Å². The lowest BCUT2D eigenvalue weighted by Crippen LogP contribution is -2.38. The number of hydrogen-bond acceptors (Lipinski definition) is 14. The smallest absolute Gasteiger partial charge is 0.207 e. The highest BCUT2D eigenvalue weighted by Gasteiger charge is 2.36. The minimum absolute atomic E-state index is 0.0920. The number of hydrogen-bond donors (Lipinski definition) is 4. The molecule has 0 fully saturated rings. The summed E-state index contributed by atoms with van der Waals surface area (Å²) in [6, 6.07) is 16.2. The maximum atomic E-state index is 15.4. The first-order valence-electron chi connectivity index (χ1n) is 26.7. The van der Waals surface area contributed by atoms with Crippen LogP contribution >= 0.6 is 0 Å². The van der Waals surface area contributed by atoms with Crippen LogP contribution in [-0.2, 0) is 41.7 Å². The Balaban J connectivity index is 1.69. The predicted octanol–water partition coefficient (Wildman–Crippen LogP) is 9.06. The maximum absolute atomic E-state index is 15.4. The summed E-state index contributed by atoms with van der Waals surface area (Å²) in [6.07, 6.45) is 4.39. The van der Waals surface area contributed by atoms with E-state index >= 15 is 9.59 Å². The van der Waals surface area contributed by atoms with E-state index in [9.17, 15) is 0 Å². The summed E-state index contributed by atoms with van der Waals surface area (Å²) >= 11 is 0. The minimum Gasteiger partial charge on any atom is -0.494 e. The SMILES string of the molecule is CCOc1cc2c(OCC)cc1CC1=C(NCCCCN)C(=O)C(=C(NCCCCN)C1=O)Cc1cc(OCC)c(cc1OCC)Cc1cc(OCC)c(cc1OCC)Cc1cc(OCC)c(cc1OCC)C2. The molecule has 396 valence electrons. The molecule has 0 atom stereocenters. The van der Waals surface area contributed by atoms with Gasteiger partial charge in [-0.2, -0.15) is 0 Å². The Labute approximate surface area is 433 Å². The highest BCUT2D eigenvalue weighted by atomic mass is 16.5. The summed E-state index contributed by atoms with van der Waals surface area (Å²) in [5, 5.41) is 6.87. The fourth-order valence-corrected chi connectivity index (χ4v) is 9.48. The van der Waals surface area contributed by atoms with Gasteiger partial charge in [-0.05, 0) is 143 Å². The van der Waals surface area contributed by atoms with Gasteiger partial charge in [0.25, 0.3) is 0 Å². The van der Waals surface area contributed by atoms with E-state index in [-0.39, 0.29) is 35.8 Å². The molecule has 0 amide bonds. The first-order chi connectivity index (χ1) is 35.6. The highest BCUT2D eigenvalue weighted by molar-refractivity contribution is 6.25. The first-order valence-corrected chi connectivity index (χ1v) is 26.7. The molecule has 0 heterocycles. The van der Waals surface area contributed by atoms with Gasteiger partial charge in [0.2, 0.25) is 11.6 Å². The molecule has 0 aliphatic heterocycles. The van der Waals surface area contributed by atoms with Gasteiger partial charge in [-0.25, -0.2) is 0 Å². The number of rotatable bonds is 26. The number of carbonyl (C=O) groups is 2. The number of Topliss-reactive ketones (excluding diaryl/α,β-unsaturated/α-hetero) is 2. The standard InChI is InChI=1S/C59H80N4O10/c1-9-66-48-32-40-26-42-34-54(72-15-7)44(36-52(42)70-13-5)28-46-56(62-23-19-17-21-60)59(65)47(57(58(46)64)63-24-20-18-22-61)29-45-37-53(71-14-6)43(35-55(45)73-16-8)27-41-33-49(67-10-2)39(31-51(41)69-12-4)25-38(48)30-50(40)68-11-3/h30-37,62-63H,9-29,60-61H2,1-8H3. The first kappa shape index (κ1) is 55.9. The molecule has 11 aliphatic carbocycles. The van der Waals surface area contributed by atoms with Gasteiger partial charge in [0.1, 0.15) is 46.0 Å². The molecule has 14 heteroatoms. The molecule has 4 aromatic carbocycles. The van der Waals surface area contributed by atoms with Crippen LogP contribution in [0.3, 0.4) is 0 Å². The van der Waals surface area contributed by atoms with Crippen molar-refractivity contribution < 1.29 is 47.5 Å². The highest BCUT2D eigenvalue weighted by Crippen LogP contribution is 2.42. The van der Waals surface area contributed by atoms with E-state index < -0.39 is 0 Å². The van der Waals surface area contributed by atoms with Gasteiger partial charge >= 0.3 is 0 Å². The van der Waals surface area contributed by atoms with Gasteiger partial charge in [-0.3, -0.25) is 9.59 Å². The third-order valence-corrected chi connectivity index (χ3v) is 12.7. The van der Waals surface area contributed by atoms with Crippen LogP contribution in [0.5, 0.6) is 46.0 Å². The van der Waals surface area contributed by atoms with Gasteiger partial charge in [-0.15, -0.1) is 0 Å². The molecule has 14 nitrogen and oxygen atoms in total. The molecule has 11 aliphatic rings. The second-order valence-electron chi connectivity index (χ2n) is 17.8. The Bertz CT molecular complexity index is 2410. The molecule has 0 radical (unpaired) electrons. The van der Waals surface area contributed by atoms with Gasteiger partial charge in [0, 0.05) is 101 Å². The van der Waals surface area contributed by atoms with Crippen molar-refractivity contribution >= 4 is 11.6 Å². The van der Waals surface area contributed by atoms with Crippen molar-refractivity contribution in [3.05, 3.63) is 116 Å². The molecule has 0 saturated carbocycles. The van der Waals surface area contributed by atoms with Crippen LogP contribution in [0, 0.1) is 0 Å². The monoisotopic (exact) mass is 1000 g/mol. The van der Waals surface area contributed by atoms with E-state index in [0.29, 0.717) is 168 Å². The largest absolute Gasteiger partial charge is 0.494 e. The van der Waals surface area contributed by atoms with Crippen molar-refractivity contribution in [1.82, 2.24) is 10.6 Å². The summed E-state index contributed by atoms with van der Waals surface area (Å²) in [7, 11) is 0. The molecular weight excluding hydrogens is 925 g/mol. The van der Waals surface area contributed by atoms with Crippen LogP contribution in [0.1, 0.15) is 126 Å². The molecule has 10 bridgehead atoms. The molecule has 0 spiro atoms. The second kappa shape index (κ2) is 28.2. The fraction of sp³-hybridized carbons (Fsp3) is 0.492. The second-order valence-corrected chi connectivity index (χ2v) is 17.8. The summed E-state index contributed by atoms with van der Waals surface area (Å²) in [6.45, 7) is 20.8. The van der Waals surface area contributed by atoms with Crippen molar-refractivity contribution in [2.24, 2.45) is 11.5 Å². The lowest BCUT2D eigenvalue weighted by atomic mass is 9.84. The number of nitrogens with two attached hydrogens (primary N) is 2. The lowest BCUT2D eigenvalue weighted by molar-refractivity contribution is -0.117. The van der Waals surface area contributed by atoms with Crippen LogP contribution in [0.15, 0.2) is 71.1 Å². The Kier molecular flexibility index (Phi) is 21.6. The van der Waals surface area contributed by atoms with E-state index in [1.807, 2.05) is 79.7 Å². The third kappa shape index (κ3) is 14.0. The number of nitrogens with one attached hydrogen (secondary N) is 2. The zero-order valence-electron chi connectivity index (χ0n) is 44.7. The number of allylic oxidation sites excluding steroid dienone is 2. The number of unbranched alkanes of at least 4 members (excludes halogenated alkanes) is 2. The summed E-state index contributed by atoms with van der Waals surface area (Å²) in [4.78, 5) is 30.9. The fourth-order valence-electron chi connectivity index (χ4n) is 9.48. The van der Waals surface area contributed by atoms with Crippen LogP contribution in [0.25, 0.3) is 0 Å². The number of ether oxygens (including phenoxy) is 8. The number of carbonyl (C=O) groups excluding carboxylic acids is 2. The predicted molar refractivity (Wildman–Crippen MR) is 288 cm³/mol. The van der Waals surface area contributed by atoms with Crippen molar-refractivity contribution in [2.75, 3.05) is 79.0 Å². The van der Waals surface area contributed by atoms with Gasteiger partial charge < -0.3 is 60.0 Å². The van der Waals surface area contributed by atoms with E-state index in [1.165, 1.54) is 0 Å². The molecule has 0 saturated heterocycles. The van der Waals surface area contributed by atoms with E-state index in [2.05, 4.69) is 34.9 Å². The molecule has 15 rings (SSSR count). The molecule has 0 unspecified atom stereocenters. The van der Waals surface area contributed by atoms with Crippen molar-refractivity contribution in [2.45, 2.75) is 113 Å². The van der Waals surface area contributed by atoms with E-state index in [0.717, 1.165) is 57.7 Å². The van der Waals surface area contributed by atoms with Crippen LogP contribution in [0.4, 0.5) is 0 Å². The molecule has 6 N–H and O–H groups in total. The van der Waals surface area contributed by atoms with Crippen molar-refractivity contribution in [3.63, 3.8) is 0 Å². The molecule has 4 aromatic rings.